The number of nitrogens with one attached hydrogen (secondary N) is 2. The number of rotatable bonds is 2. The van der Waals surface area contributed by atoms with Crippen LogP contribution in [0.5, 0.6) is 0 Å². The molecule has 0 aliphatic heterocycles. The number of fused-ring (bicyclic) bond motifs is 1. The molecule has 2 aromatic carbocycles. The monoisotopic (exact) mass is 350 g/mol. The first-order valence-corrected chi connectivity index (χ1v) is 6.94. The van der Waals surface area contributed by atoms with Crippen LogP contribution in [0.15, 0.2) is 45.7 Å². The predicted octanol–water partition coefficient (Wildman–Crippen LogP) is 3.50. The summed E-state index contributed by atoms with van der Waals surface area (Å²) < 4.78 is 0.668. The van der Waals surface area contributed by atoms with Gasteiger partial charge in [-0.15, -0.1) is 0 Å². The van der Waals surface area contributed by atoms with Gasteiger partial charge >= 0.3 is 5.69 Å². The van der Waals surface area contributed by atoms with Crippen molar-refractivity contribution in [1.82, 2.24) is 9.97 Å². The predicted molar refractivity (Wildman–Crippen MR) is 81.5 cm³/mol. The van der Waals surface area contributed by atoms with Crippen molar-refractivity contribution in [3.63, 3.8) is 0 Å². The van der Waals surface area contributed by atoms with Crippen molar-refractivity contribution < 1.29 is 4.79 Å². The molecule has 1 heterocycles. The van der Waals surface area contributed by atoms with Crippen LogP contribution in [0, 0.1) is 0 Å². The summed E-state index contributed by atoms with van der Waals surface area (Å²) in [5.74, 6) is -0.194. The van der Waals surface area contributed by atoms with E-state index in [1.165, 1.54) is 0 Å². The van der Waals surface area contributed by atoms with E-state index >= 15 is 0 Å². The zero-order valence-electron chi connectivity index (χ0n) is 10.0. The summed E-state index contributed by atoms with van der Waals surface area (Å²) >= 11 is 9.42. The van der Waals surface area contributed by atoms with Crippen molar-refractivity contribution in [3.05, 3.63) is 67.5 Å². The number of halogens is 2. The molecular formula is C14H8BrClN2O2. The van der Waals surface area contributed by atoms with E-state index < -0.39 is 0 Å². The van der Waals surface area contributed by atoms with Gasteiger partial charge in [0.2, 0.25) is 0 Å². The quantitative estimate of drug-likeness (QED) is 0.694. The lowest BCUT2D eigenvalue weighted by molar-refractivity contribution is 0.103. The van der Waals surface area contributed by atoms with E-state index in [0.717, 1.165) is 0 Å². The minimum Gasteiger partial charge on any atom is -0.306 e. The summed E-state index contributed by atoms with van der Waals surface area (Å²) in [6.07, 6.45) is 0. The van der Waals surface area contributed by atoms with Gasteiger partial charge in [-0.2, -0.15) is 0 Å². The molecule has 6 heteroatoms. The topological polar surface area (TPSA) is 65.7 Å². The first kappa shape index (κ1) is 13.1. The van der Waals surface area contributed by atoms with Crippen LogP contribution in [0.1, 0.15) is 15.9 Å². The van der Waals surface area contributed by atoms with Crippen molar-refractivity contribution in [2.45, 2.75) is 0 Å². The van der Waals surface area contributed by atoms with Crippen LogP contribution in [0.2, 0.25) is 5.02 Å². The van der Waals surface area contributed by atoms with Gasteiger partial charge in [0, 0.05) is 15.6 Å². The fraction of sp³-hybridized carbons (Fsp3) is 0. The van der Waals surface area contributed by atoms with Gasteiger partial charge in [-0.1, -0.05) is 17.7 Å². The second-order valence-electron chi connectivity index (χ2n) is 4.27. The van der Waals surface area contributed by atoms with Crippen molar-refractivity contribution in [3.8, 4) is 0 Å². The number of imidazole rings is 1. The maximum absolute atomic E-state index is 12.5. The van der Waals surface area contributed by atoms with E-state index in [-0.39, 0.29) is 11.5 Å². The molecule has 0 radical (unpaired) electrons. The number of aromatic nitrogens is 2. The normalized spacial score (nSPS) is 10.9. The number of ketones is 1. The van der Waals surface area contributed by atoms with Gasteiger partial charge in [-0.3, -0.25) is 4.79 Å². The van der Waals surface area contributed by atoms with Crippen LogP contribution in [-0.2, 0) is 0 Å². The maximum atomic E-state index is 12.5. The van der Waals surface area contributed by atoms with Crippen LogP contribution in [-0.4, -0.2) is 15.8 Å². The lowest BCUT2D eigenvalue weighted by Crippen LogP contribution is -2.02. The third-order valence-corrected chi connectivity index (χ3v) is 4.27. The molecule has 100 valence electrons. The van der Waals surface area contributed by atoms with Gasteiger partial charge in [0.25, 0.3) is 0 Å². The van der Waals surface area contributed by atoms with Crippen molar-refractivity contribution in [1.29, 1.82) is 0 Å². The van der Waals surface area contributed by atoms with E-state index in [1.54, 1.807) is 36.4 Å². The average Bonchev–Trinajstić information content (AvgIpc) is 2.80. The van der Waals surface area contributed by atoms with E-state index in [1.807, 2.05) is 0 Å². The molecule has 0 bridgehead atoms. The van der Waals surface area contributed by atoms with E-state index in [4.69, 9.17) is 11.6 Å². The van der Waals surface area contributed by atoms with Gasteiger partial charge in [-0.05, 0) is 46.3 Å². The number of hydrogen-bond acceptors (Lipinski definition) is 2. The van der Waals surface area contributed by atoms with Gasteiger partial charge in [0.1, 0.15) is 0 Å². The van der Waals surface area contributed by atoms with Gasteiger partial charge in [0.05, 0.1) is 16.1 Å². The Kier molecular flexibility index (Phi) is 3.23. The zero-order chi connectivity index (χ0) is 14.3. The number of aromatic amines is 2. The molecule has 0 amide bonds. The van der Waals surface area contributed by atoms with Crippen molar-refractivity contribution in [2.24, 2.45) is 0 Å². The molecule has 0 fully saturated rings. The fourth-order valence-corrected chi connectivity index (χ4v) is 2.59. The van der Waals surface area contributed by atoms with Crippen molar-refractivity contribution in [2.75, 3.05) is 0 Å². The van der Waals surface area contributed by atoms with Gasteiger partial charge < -0.3 is 9.97 Å². The standard InChI is InChI=1S/C14H8BrClN2O2/c15-9-3-1-2-8(12(9)16)13(19)7-4-5-10-11(6-7)18-14(20)17-10/h1-6H,(H2,17,18,20). The Labute approximate surface area is 126 Å². The SMILES string of the molecule is O=C(c1ccc2[nH]c(=O)[nH]c2c1)c1cccc(Br)c1Cl. The number of H-pyrrole nitrogens is 2. The Bertz CT molecular complexity index is 882. The minimum atomic E-state index is -0.301. The molecule has 3 aromatic rings. The lowest BCUT2D eigenvalue weighted by Gasteiger charge is -2.05. The molecule has 0 saturated carbocycles. The molecule has 20 heavy (non-hydrogen) atoms. The Morgan fingerprint density at radius 1 is 1.10 bits per heavy atom. The number of carbonyl (C=O) groups is 1. The molecule has 0 atom stereocenters. The Balaban J connectivity index is 2.12. The maximum Gasteiger partial charge on any atom is 0.323 e. The highest BCUT2D eigenvalue weighted by atomic mass is 79.9. The molecule has 0 aliphatic rings. The summed E-state index contributed by atoms with van der Waals surface area (Å²) in [5, 5.41) is 0.375. The zero-order valence-corrected chi connectivity index (χ0v) is 12.4. The minimum absolute atomic E-state index is 0.194. The second-order valence-corrected chi connectivity index (χ2v) is 5.50. The second kappa shape index (κ2) is 4.92. The number of carbonyl (C=O) groups excluding carboxylic acids is 1. The highest BCUT2D eigenvalue weighted by Crippen LogP contribution is 2.28. The van der Waals surface area contributed by atoms with Crippen molar-refractivity contribution >= 4 is 44.3 Å². The molecule has 0 unspecified atom stereocenters. The lowest BCUT2D eigenvalue weighted by atomic mass is 10.0. The molecule has 0 saturated heterocycles. The third-order valence-electron chi connectivity index (χ3n) is 2.97. The summed E-state index contributed by atoms with van der Waals surface area (Å²) in [6.45, 7) is 0. The van der Waals surface area contributed by atoms with Crippen LogP contribution in [0.3, 0.4) is 0 Å². The van der Waals surface area contributed by atoms with Gasteiger partial charge in [-0.25, -0.2) is 4.79 Å². The summed E-state index contributed by atoms with van der Waals surface area (Å²) in [6, 6.07) is 10.2. The molecule has 0 aliphatic carbocycles. The number of hydrogen-bond donors (Lipinski definition) is 2. The summed E-state index contributed by atoms with van der Waals surface area (Å²) in [4.78, 5) is 28.9. The molecule has 3 rings (SSSR count). The fourth-order valence-electron chi connectivity index (χ4n) is 2.01. The Morgan fingerprint density at radius 2 is 1.85 bits per heavy atom. The van der Waals surface area contributed by atoms with Crippen LogP contribution < -0.4 is 5.69 Å². The first-order chi connectivity index (χ1) is 9.56. The highest BCUT2D eigenvalue weighted by Gasteiger charge is 2.15. The van der Waals surface area contributed by atoms with Crippen LogP contribution in [0.4, 0.5) is 0 Å². The van der Waals surface area contributed by atoms with E-state index in [9.17, 15) is 9.59 Å². The molecule has 2 N–H and O–H groups in total. The smallest absolute Gasteiger partial charge is 0.306 e. The van der Waals surface area contributed by atoms with Crippen LogP contribution >= 0.6 is 27.5 Å². The molecule has 4 nitrogen and oxygen atoms in total. The highest BCUT2D eigenvalue weighted by molar-refractivity contribution is 9.10. The molecule has 0 spiro atoms. The number of benzene rings is 2. The van der Waals surface area contributed by atoms with E-state index in [0.29, 0.717) is 31.7 Å². The first-order valence-electron chi connectivity index (χ1n) is 5.77. The van der Waals surface area contributed by atoms with Crippen LogP contribution in [0.25, 0.3) is 11.0 Å². The summed E-state index contributed by atoms with van der Waals surface area (Å²) in [7, 11) is 0. The average molecular weight is 352 g/mol. The van der Waals surface area contributed by atoms with Gasteiger partial charge in [0.15, 0.2) is 5.78 Å². The third kappa shape index (κ3) is 2.19. The molecular weight excluding hydrogens is 344 g/mol. The summed E-state index contributed by atoms with van der Waals surface area (Å²) in [5.41, 5.74) is 1.83. The van der Waals surface area contributed by atoms with E-state index in [2.05, 4.69) is 25.9 Å². The molecule has 1 aromatic heterocycles. The largest absolute Gasteiger partial charge is 0.323 e. The Morgan fingerprint density at radius 3 is 2.65 bits per heavy atom. The Hall–Kier alpha value is -1.85.